The Balaban J connectivity index is 2.19. The highest BCUT2D eigenvalue weighted by Crippen LogP contribution is 2.30. The number of nitrogens with one attached hydrogen (secondary N) is 1. The summed E-state index contributed by atoms with van der Waals surface area (Å²) < 4.78 is 9.91. The molecule has 152 valence electrons. The summed E-state index contributed by atoms with van der Waals surface area (Å²) in [5.41, 5.74) is 0.475. The van der Waals surface area contributed by atoms with Crippen LogP contribution in [0.5, 0.6) is 0 Å². The Hall–Kier alpha value is -3.53. The van der Waals surface area contributed by atoms with Gasteiger partial charge in [-0.1, -0.05) is 0 Å². The molecule has 0 aliphatic rings. The highest BCUT2D eigenvalue weighted by atomic mass is 32.1. The molecule has 0 spiro atoms. The number of carbonyl (C=O) groups is 3. The van der Waals surface area contributed by atoms with Crippen LogP contribution in [0.15, 0.2) is 35.7 Å². The molecule has 2 rings (SSSR count). The largest absolute Gasteiger partial charge is 0.462 e. The molecule has 1 aromatic carbocycles. The lowest BCUT2D eigenvalue weighted by atomic mass is 10.2. The van der Waals surface area contributed by atoms with E-state index in [1.165, 1.54) is 41.8 Å². The van der Waals surface area contributed by atoms with Crippen molar-refractivity contribution in [1.82, 2.24) is 0 Å². The van der Waals surface area contributed by atoms with Crippen LogP contribution in [-0.4, -0.2) is 36.0 Å². The van der Waals surface area contributed by atoms with Crippen LogP contribution in [0, 0.1) is 10.1 Å². The number of rotatable bonds is 8. The van der Waals surface area contributed by atoms with E-state index in [9.17, 15) is 24.5 Å². The molecule has 0 saturated carbocycles. The summed E-state index contributed by atoms with van der Waals surface area (Å²) in [6.45, 7) is 3.50. The Labute approximate surface area is 170 Å². The SMILES string of the molecule is CCOC(=O)c1csc(NC(=O)/C=C/c2ccc([N+](=O)[O-])cc2)c1C(=O)OCC. The molecule has 0 saturated heterocycles. The Morgan fingerprint density at radius 2 is 1.72 bits per heavy atom. The molecule has 0 aliphatic carbocycles. The van der Waals surface area contributed by atoms with Gasteiger partial charge >= 0.3 is 11.9 Å². The first-order chi connectivity index (χ1) is 13.9. The topological polar surface area (TPSA) is 125 Å². The number of esters is 2. The van der Waals surface area contributed by atoms with Gasteiger partial charge in [0.15, 0.2) is 0 Å². The minimum Gasteiger partial charge on any atom is -0.462 e. The monoisotopic (exact) mass is 418 g/mol. The minimum atomic E-state index is -0.744. The maximum atomic E-state index is 12.3. The van der Waals surface area contributed by atoms with E-state index in [0.29, 0.717) is 5.56 Å². The number of ether oxygens (including phenoxy) is 2. The number of non-ortho nitro benzene ring substituents is 1. The van der Waals surface area contributed by atoms with Crippen molar-refractivity contribution in [1.29, 1.82) is 0 Å². The summed E-state index contributed by atoms with van der Waals surface area (Å²) in [6.07, 6.45) is 2.67. The fourth-order valence-electron chi connectivity index (χ4n) is 2.25. The number of hydrogen-bond donors (Lipinski definition) is 1. The molecular formula is C19H18N2O7S. The summed E-state index contributed by atoms with van der Waals surface area (Å²) in [5, 5.41) is 14.8. The molecule has 0 atom stereocenters. The summed E-state index contributed by atoms with van der Waals surface area (Å²) in [6, 6.07) is 5.63. The fraction of sp³-hybridized carbons (Fsp3) is 0.211. The molecule has 1 heterocycles. The lowest BCUT2D eigenvalue weighted by molar-refractivity contribution is -0.384. The van der Waals surface area contributed by atoms with Gasteiger partial charge in [-0.2, -0.15) is 0 Å². The van der Waals surface area contributed by atoms with Crippen molar-refractivity contribution in [3.05, 3.63) is 62.5 Å². The van der Waals surface area contributed by atoms with Gasteiger partial charge in [-0.25, -0.2) is 9.59 Å². The van der Waals surface area contributed by atoms with E-state index in [1.807, 2.05) is 0 Å². The van der Waals surface area contributed by atoms with Gasteiger partial charge < -0.3 is 14.8 Å². The summed E-state index contributed by atoms with van der Waals surface area (Å²) in [7, 11) is 0. The predicted octanol–water partition coefficient (Wildman–Crippen LogP) is 3.66. The molecular weight excluding hydrogens is 400 g/mol. The van der Waals surface area contributed by atoms with Gasteiger partial charge in [0.2, 0.25) is 5.91 Å². The lowest BCUT2D eigenvalue weighted by Gasteiger charge is -2.07. The van der Waals surface area contributed by atoms with Crippen molar-refractivity contribution in [2.45, 2.75) is 13.8 Å². The van der Waals surface area contributed by atoms with Crippen molar-refractivity contribution >= 4 is 45.9 Å². The van der Waals surface area contributed by atoms with E-state index in [1.54, 1.807) is 13.8 Å². The average Bonchev–Trinajstić information content (AvgIpc) is 3.10. The lowest BCUT2D eigenvalue weighted by Crippen LogP contribution is -2.15. The average molecular weight is 418 g/mol. The number of amides is 1. The zero-order valence-electron chi connectivity index (χ0n) is 15.7. The van der Waals surface area contributed by atoms with Gasteiger partial charge in [-0.3, -0.25) is 14.9 Å². The maximum Gasteiger partial charge on any atom is 0.342 e. The highest BCUT2D eigenvalue weighted by molar-refractivity contribution is 7.15. The quantitative estimate of drug-likeness (QED) is 0.300. The Kier molecular flexibility index (Phi) is 7.61. The van der Waals surface area contributed by atoms with Crippen LogP contribution >= 0.6 is 11.3 Å². The zero-order valence-corrected chi connectivity index (χ0v) is 16.5. The standard InChI is InChI=1S/C19H18N2O7S/c1-3-27-18(23)14-11-29-17(16(14)19(24)28-4-2)20-15(22)10-7-12-5-8-13(9-6-12)21(25)26/h5-11H,3-4H2,1-2H3,(H,20,22)/b10-7+. The molecule has 1 aromatic heterocycles. The Morgan fingerprint density at radius 1 is 1.10 bits per heavy atom. The van der Waals surface area contributed by atoms with Crippen LogP contribution in [0.2, 0.25) is 0 Å². The molecule has 29 heavy (non-hydrogen) atoms. The number of hydrogen-bond acceptors (Lipinski definition) is 8. The molecule has 0 unspecified atom stereocenters. The van der Waals surface area contributed by atoms with Gasteiger partial charge in [-0.05, 0) is 37.6 Å². The number of benzene rings is 1. The fourth-order valence-corrected chi connectivity index (χ4v) is 3.17. The van der Waals surface area contributed by atoms with E-state index in [2.05, 4.69) is 5.32 Å². The second-order valence-electron chi connectivity index (χ2n) is 5.47. The molecule has 0 bridgehead atoms. The normalized spacial score (nSPS) is 10.6. The number of carbonyl (C=O) groups excluding carboxylic acids is 3. The van der Waals surface area contributed by atoms with Gasteiger partial charge in [0.05, 0.1) is 23.7 Å². The van der Waals surface area contributed by atoms with Crippen LogP contribution < -0.4 is 5.32 Å². The number of thiophene rings is 1. The van der Waals surface area contributed by atoms with Crippen LogP contribution in [0.1, 0.15) is 40.1 Å². The summed E-state index contributed by atoms with van der Waals surface area (Å²) >= 11 is 0.997. The predicted molar refractivity (Wildman–Crippen MR) is 107 cm³/mol. The highest BCUT2D eigenvalue weighted by Gasteiger charge is 2.26. The van der Waals surface area contributed by atoms with E-state index in [0.717, 1.165) is 11.3 Å². The number of nitro groups is 1. The van der Waals surface area contributed by atoms with E-state index < -0.39 is 22.8 Å². The molecule has 1 N–H and O–H groups in total. The van der Waals surface area contributed by atoms with Crippen LogP contribution in [0.4, 0.5) is 10.7 Å². The third-order valence-electron chi connectivity index (χ3n) is 3.53. The van der Waals surface area contributed by atoms with Crippen LogP contribution in [0.3, 0.4) is 0 Å². The second-order valence-corrected chi connectivity index (χ2v) is 6.35. The number of anilines is 1. The first kappa shape index (κ1) is 21.8. The van der Waals surface area contributed by atoms with E-state index >= 15 is 0 Å². The Morgan fingerprint density at radius 3 is 2.31 bits per heavy atom. The number of nitro benzene ring substituents is 1. The molecule has 2 aromatic rings. The zero-order chi connectivity index (χ0) is 21.4. The number of nitrogens with zero attached hydrogens (tertiary/aromatic N) is 1. The first-order valence-electron chi connectivity index (χ1n) is 8.56. The molecule has 9 nitrogen and oxygen atoms in total. The van der Waals surface area contributed by atoms with Crippen molar-refractivity contribution in [3.8, 4) is 0 Å². The summed E-state index contributed by atoms with van der Waals surface area (Å²) in [5.74, 6) is -1.98. The van der Waals surface area contributed by atoms with Crippen molar-refractivity contribution < 1.29 is 28.8 Å². The third-order valence-corrected chi connectivity index (χ3v) is 4.43. The minimum absolute atomic E-state index is 0.0185. The van der Waals surface area contributed by atoms with Crippen molar-refractivity contribution in [3.63, 3.8) is 0 Å². The molecule has 0 fully saturated rings. The van der Waals surface area contributed by atoms with Gasteiger partial charge in [0.1, 0.15) is 10.6 Å². The van der Waals surface area contributed by atoms with Crippen molar-refractivity contribution in [2.24, 2.45) is 0 Å². The molecule has 1 amide bonds. The summed E-state index contributed by atoms with van der Waals surface area (Å²) in [4.78, 5) is 46.7. The maximum absolute atomic E-state index is 12.3. The van der Waals surface area contributed by atoms with E-state index in [-0.39, 0.29) is 35.0 Å². The Bertz CT molecular complexity index is 948. The molecule has 0 radical (unpaired) electrons. The molecule has 10 heteroatoms. The van der Waals surface area contributed by atoms with Gasteiger partial charge in [0, 0.05) is 23.6 Å². The van der Waals surface area contributed by atoms with Crippen molar-refractivity contribution in [2.75, 3.05) is 18.5 Å². The van der Waals surface area contributed by atoms with Gasteiger partial charge in [0.25, 0.3) is 5.69 Å². The first-order valence-corrected chi connectivity index (χ1v) is 9.44. The van der Waals surface area contributed by atoms with E-state index in [4.69, 9.17) is 9.47 Å². The van der Waals surface area contributed by atoms with Crippen LogP contribution in [0.25, 0.3) is 6.08 Å². The smallest absolute Gasteiger partial charge is 0.342 e. The molecule has 0 aliphatic heterocycles. The second kappa shape index (κ2) is 10.1. The third kappa shape index (κ3) is 5.72. The van der Waals surface area contributed by atoms with Gasteiger partial charge in [-0.15, -0.1) is 11.3 Å². The van der Waals surface area contributed by atoms with Crippen LogP contribution in [-0.2, 0) is 14.3 Å².